The predicted molar refractivity (Wildman–Crippen MR) is 55.8 cm³/mol. The second-order valence-corrected chi connectivity index (χ2v) is 4.07. The number of nitrogens with one attached hydrogen (secondary N) is 1. The Morgan fingerprint density at radius 3 is 2.88 bits per heavy atom. The van der Waals surface area contributed by atoms with Crippen molar-refractivity contribution in [1.82, 2.24) is 5.32 Å². The lowest BCUT2D eigenvalue weighted by atomic mass is 9.91. The van der Waals surface area contributed by atoms with Gasteiger partial charge < -0.3 is 5.32 Å². The summed E-state index contributed by atoms with van der Waals surface area (Å²) in [4.78, 5) is 11.5. The van der Waals surface area contributed by atoms with Crippen molar-refractivity contribution in [2.24, 2.45) is 5.92 Å². The molecule has 1 aromatic carbocycles. The molecule has 0 spiro atoms. The molecule has 0 aromatic heterocycles. The van der Waals surface area contributed by atoms with E-state index in [2.05, 4.69) is 5.32 Å². The van der Waals surface area contributed by atoms with E-state index in [1.54, 1.807) is 0 Å². The van der Waals surface area contributed by atoms with Gasteiger partial charge in [0.2, 0.25) is 5.91 Å². The molecule has 2 rings (SSSR count). The monoisotopic (exact) mass is 225 g/mol. The molecule has 0 bridgehead atoms. The van der Waals surface area contributed by atoms with Crippen LogP contribution in [0.4, 0.5) is 8.78 Å². The number of hydrogen-bond donors (Lipinski definition) is 1. The van der Waals surface area contributed by atoms with E-state index in [0.717, 1.165) is 18.9 Å². The molecule has 0 saturated carbocycles. The summed E-state index contributed by atoms with van der Waals surface area (Å²) < 4.78 is 26.0. The van der Waals surface area contributed by atoms with E-state index in [9.17, 15) is 13.6 Å². The van der Waals surface area contributed by atoms with E-state index < -0.39 is 11.6 Å². The molecule has 1 fully saturated rings. The standard InChI is InChI=1S/C12H13F2NO/c13-10-4-3-8(11(14)7-10)6-9-2-1-5-15-12(9)16/h3-4,7,9H,1-2,5-6H2,(H,15,16). The van der Waals surface area contributed by atoms with Crippen LogP contribution < -0.4 is 5.32 Å². The quantitative estimate of drug-likeness (QED) is 0.819. The molecule has 16 heavy (non-hydrogen) atoms. The Kier molecular flexibility index (Phi) is 3.17. The molecule has 4 heteroatoms. The van der Waals surface area contributed by atoms with E-state index in [0.29, 0.717) is 18.5 Å². The Morgan fingerprint density at radius 2 is 2.19 bits per heavy atom. The molecule has 1 aliphatic heterocycles. The van der Waals surface area contributed by atoms with E-state index in [-0.39, 0.29) is 11.8 Å². The van der Waals surface area contributed by atoms with E-state index >= 15 is 0 Å². The molecule has 1 aromatic rings. The summed E-state index contributed by atoms with van der Waals surface area (Å²) in [6.07, 6.45) is 2.03. The minimum atomic E-state index is -0.589. The fourth-order valence-corrected chi connectivity index (χ4v) is 1.98. The summed E-state index contributed by atoms with van der Waals surface area (Å²) in [6, 6.07) is 3.49. The molecule has 1 saturated heterocycles. The van der Waals surface area contributed by atoms with Crippen LogP contribution in [0.3, 0.4) is 0 Å². The molecule has 0 aliphatic carbocycles. The number of benzene rings is 1. The first-order valence-corrected chi connectivity index (χ1v) is 5.38. The predicted octanol–water partition coefficient (Wildman–Crippen LogP) is 2.03. The molecule has 1 N–H and O–H groups in total. The van der Waals surface area contributed by atoms with Gasteiger partial charge in [-0.25, -0.2) is 8.78 Å². The van der Waals surface area contributed by atoms with Crippen LogP contribution in [0.15, 0.2) is 18.2 Å². The van der Waals surface area contributed by atoms with Gasteiger partial charge in [-0.1, -0.05) is 6.07 Å². The molecule has 1 unspecified atom stereocenters. The fourth-order valence-electron chi connectivity index (χ4n) is 1.98. The molecular formula is C12H13F2NO. The molecule has 1 amide bonds. The molecule has 1 atom stereocenters. The highest BCUT2D eigenvalue weighted by atomic mass is 19.1. The Hall–Kier alpha value is -1.45. The smallest absolute Gasteiger partial charge is 0.223 e. The summed E-state index contributed by atoms with van der Waals surface area (Å²) in [5.74, 6) is -1.38. The largest absolute Gasteiger partial charge is 0.356 e. The SMILES string of the molecule is O=C1NCCCC1Cc1ccc(F)cc1F. The summed E-state index contributed by atoms with van der Waals surface area (Å²) in [5.41, 5.74) is 0.406. The lowest BCUT2D eigenvalue weighted by molar-refractivity contribution is -0.126. The Balaban J connectivity index is 2.10. The molecule has 1 heterocycles. The van der Waals surface area contributed by atoms with Crippen molar-refractivity contribution in [3.63, 3.8) is 0 Å². The maximum absolute atomic E-state index is 13.4. The van der Waals surface area contributed by atoms with Gasteiger partial charge in [0.05, 0.1) is 0 Å². The van der Waals surface area contributed by atoms with Gasteiger partial charge >= 0.3 is 0 Å². The molecule has 1 aliphatic rings. The molecular weight excluding hydrogens is 212 g/mol. The maximum atomic E-state index is 13.4. The van der Waals surface area contributed by atoms with Gasteiger partial charge in [-0.05, 0) is 30.9 Å². The number of halogens is 2. The van der Waals surface area contributed by atoms with Crippen LogP contribution in [0.5, 0.6) is 0 Å². The number of piperidine rings is 1. The number of hydrogen-bond acceptors (Lipinski definition) is 1. The van der Waals surface area contributed by atoms with E-state index in [4.69, 9.17) is 0 Å². The van der Waals surface area contributed by atoms with Crippen LogP contribution in [0.25, 0.3) is 0 Å². The Morgan fingerprint density at radius 1 is 1.38 bits per heavy atom. The first-order chi connectivity index (χ1) is 7.66. The van der Waals surface area contributed by atoms with Gasteiger partial charge in [-0.15, -0.1) is 0 Å². The number of rotatable bonds is 2. The zero-order valence-electron chi connectivity index (χ0n) is 8.80. The van der Waals surface area contributed by atoms with Crippen molar-refractivity contribution in [3.8, 4) is 0 Å². The van der Waals surface area contributed by atoms with Crippen molar-refractivity contribution in [1.29, 1.82) is 0 Å². The third-order valence-electron chi connectivity index (χ3n) is 2.88. The first kappa shape index (κ1) is 11.0. The summed E-state index contributed by atoms with van der Waals surface area (Å²) in [6.45, 7) is 0.696. The minimum Gasteiger partial charge on any atom is -0.356 e. The second-order valence-electron chi connectivity index (χ2n) is 4.07. The summed E-state index contributed by atoms with van der Waals surface area (Å²) >= 11 is 0. The van der Waals surface area contributed by atoms with E-state index in [1.165, 1.54) is 12.1 Å². The van der Waals surface area contributed by atoms with Gasteiger partial charge in [0, 0.05) is 18.5 Å². The van der Waals surface area contributed by atoms with Gasteiger partial charge in [0.15, 0.2) is 0 Å². The Labute approximate surface area is 92.7 Å². The summed E-state index contributed by atoms with van der Waals surface area (Å²) in [5, 5.41) is 2.75. The third kappa shape index (κ3) is 2.38. The van der Waals surface area contributed by atoms with Crippen LogP contribution in [0.2, 0.25) is 0 Å². The number of carbonyl (C=O) groups is 1. The lowest BCUT2D eigenvalue weighted by Gasteiger charge is -2.21. The van der Waals surface area contributed by atoms with Crippen molar-refractivity contribution in [2.45, 2.75) is 19.3 Å². The lowest BCUT2D eigenvalue weighted by Crippen LogP contribution is -2.37. The first-order valence-electron chi connectivity index (χ1n) is 5.38. The molecule has 0 radical (unpaired) electrons. The maximum Gasteiger partial charge on any atom is 0.223 e. The van der Waals surface area contributed by atoms with Gasteiger partial charge in [-0.2, -0.15) is 0 Å². The highest BCUT2D eigenvalue weighted by Crippen LogP contribution is 2.19. The van der Waals surface area contributed by atoms with Crippen molar-refractivity contribution in [3.05, 3.63) is 35.4 Å². The average Bonchev–Trinajstić information content (AvgIpc) is 2.25. The molecule has 86 valence electrons. The second kappa shape index (κ2) is 4.60. The Bertz CT molecular complexity index is 406. The van der Waals surface area contributed by atoms with Crippen LogP contribution in [-0.4, -0.2) is 12.5 Å². The van der Waals surface area contributed by atoms with E-state index in [1.807, 2.05) is 0 Å². The highest BCUT2D eigenvalue weighted by Gasteiger charge is 2.23. The van der Waals surface area contributed by atoms with Crippen LogP contribution in [0.1, 0.15) is 18.4 Å². The van der Waals surface area contributed by atoms with Gasteiger partial charge in [-0.3, -0.25) is 4.79 Å². The third-order valence-corrected chi connectivity index (χ3v) is 2.88. The number of amides is 1. The van der Waals surface area contributed by atoms with Crippen LogP contribution in [-0.2, 0) is 11.2 Å². The van der Waals surface area contributed by atoms with Gasteiger partial charge in [0.1, 0.15) is 11.6 Å². The normalized spacial score (nSPS) is 20.6. The fraction of sp³-hybridized carbons (Fsp3) is 0.417. The van der Waals surface area contributed by atoms with Crippen molar-refractivity contribution >= 4 is 5.91 Å². The zero-order valence-corrected chi connectivity index (χ0v) is 8.80. The minimum absolute atomic E-state index is 0.0324. The van der Waals surface area contributed by atoms with Crippen molar-refractivity contribution in [2.75, 3.05) is 6.54 Å². The average molecular weight is 225 g/mol. The highest BCUT2D eigenvalue weighted by molar-refractivity contribution is 5.79. The topological polar surface area (TPSA) is 29.1 Å². The van der Waals surface area contributed by atoms with Crippen molar-refractivity contribution < 1.29 is 13.6 Å². The zero-order chi connectivity index (χ0) is 11.5. The number of carbonyl (C=O) groups excluding carboxylic acids is 1. The van der Waals surface area contributed by atoms with Gasteiger partial charge in [0.25, 0.3) is 0 Å². The molecule has 2 nitrogen and oxygen atoms in total. The van der Waals surface area contributed by atoms with Crippen LogP contribution in [0, 0.1) is 17.6 Å². The van der Waals surface area contributed by atoms with Crippen LogP contribution >= 0.6 is 0 Å². The summed E-state index contributed by atoms with van der Waals surface area (Å²) in [7, 11) is 0.